The van der Waals surface area contributed by atoms with Crippen LogP contribution in [0.4, 0.5) is 4.39 Å². The second kappa shape index (κ2) is 6.01. The molecule has 0 bridgehead atoms. The normalized spacial score (nSPS) is 16.1. The average molecular weight is 391 g/mol. The zero-order valence-electron chi connectivity index (χ0n) is 15.9. The fourth-order valence-electron chi connectivity index (χ4n) is 4.45. The fourth-order valence-corrected chi connectivity index (χ4v) is 4.45. The van der Waals surface area contributed by atoms with Gasteiger partial charge in [-0.05, 0) is 30.7 Å². The summed E-state index contributed by atoms with van der Waals surface area (Å²) in [6, 6.07) is 10.0. The van der Waals surface area contributed by atoms with E-state index in [1.807, 2.05) is 31.2 Å². The van der Waals surface area contributed by atoms with Gasteiger partial charge in [0.15, 0.2) is 11.6 Å². The van der Waals surface area contributed by atoms with Gasteiger partial charge in [0.05, 0.1) is 22.3 Å². The van der Waals surface area contributed by atoms with E-state index in [1.54, 1.807) is 11.6 Å². The number of carboxylic acid groups (broad SMARTS) is 1. The summed E-state index contributed by atoms with van der Waals surface area (Å²) in [5.74, 6) is -1.16. The van der Waals surface area contributed by atoms with Crippen molar-refractivity contribution in [2.75, 3.05) is 0 Å². The number of aryl methyl sites for hydroxylation is 1. The number of nitrogens with zero attached hydrogens (tertiary/aromatic N) is 3. The molecule has 29 heavy (non-hydrogen) atoms. The van der Waals surface area contributed by atoms with Gasteiger partial charge in [-0.15, -0.1) is 0 Å². The molecule has 1 atom stereocenters. The highest BCUT2D eigenvalue weighted by Crippen LogP contribution is 2.40. The summed E-state index contributed by atoms with van der Waals surface area (Å²) in [7, 11) is 1.72. The number of imidazole rings is 1. The standard InChI is InChI=1S/C22H18FN3O3/c1-3-13-10-18(27)14-6-4-5-11-9-17(26(13)19(11)14)21-24-16-8-12(22(28)29)7-15(23)20(16)25(21)2/h4-9,13H,3,10H2,1-2H3,(H,28,29). The quantitative estimate of drug-likeness (QED) is 0.555. The van der Waals surface area contributed by atoms with Crippen molar-refractivity contribution in [3.05, 3.63) is 53.3 Å². The molecule has 2 aromatic carbocycles. The molecule has 0 spiro atoms. The number of fused-ring (bicyclic) bond motifs is 1. The first kappa shape index (κ1) is 17.6. The van der Waals surface area contributed by atoms with Crippen LogP contribution in [-0.2, 0) is 7.05 Å². The Balaban J connectivity index is 1.85. The number of para-hydroxylation sites is 1. The van der Waals surface area contributed by atoms with Crippen LogP contribution < -0.4 is 0 Å². The second-order valence-electron chi connectivity index (χ2n) is 7.46. The average Bonchev–Trinajstić information content (AvgIpc) is 3.23. The molecule has 0 saturated carbocycles. The Morgan fingerprint density at radius 1 is 1.28 bits per heavy atom. The minimum absolute atomic E-state index is 0.0101. The first-order chi connectivity index (χ1) is 13.9. The van der Waals surface area contributed by atoms with Gasteiger partial charge in [-0.2, -0.15) is 0 Å². The van der Waals surface area contributed by atoms with Crippen molar-refractivity contribution >= 4 is 33.7 Å². The molecule has 0 saturated heterocycles. The maximum Gasteiger partial charge on any atom is 0.335 e. The Morgan fingerprint density at radius 3 is 2.79 bits per heavy atom. The third-order valence-electron chi connectivity index (χ3n) is 5.82. The zero-order chi connectivity index (χ0) is 20.4. The van der Waals surface area contributed by atoms with E-state index in [0.29, 0.717) is 17.8 Å². The maximum atomic E-state index is 14.7. The third kappa shape index (κ3) is 2.36. The minimum Gasteiger partial charge on any atom is -0.478 e. The van der Waals surface area contributed by atoms with Crippen LogP contribution in [0.15, 0.2) is 36.4 Å². The van der Waals surface area contributed by atoms with Crippen molar-refractivity contribution in [1.29, 1.82) is 0 Å². The Bertz CT molecular complexity index is 1350. The predicted octanol–water partition coefficient (Wildman–Crippen LogP) is 4.57. The lowest BCUT2D eigenvalue weighted by Gasteiger charge is -2.26. The highest BCUT2D eigenvalue weighted by Gasteiger charge is 2.30. The summed E-state index contributed by atoms with van der Waals surface area (Å²) < 4.78 is 18.5. The highest BCUT2D eigenvalue weighted by molar-refractivity contribution is 6.10. The second-order valence-corrected chi connectivity index (χ2v) is 7.46. The topological polar surface area (TPSA) is 77.1 Å². The number of rotatable bonds is 3. The van der Waals surface area contributed by atoms with Gasteiger partial charge in [-0.3, -0.25) is 4.79 Å². The lowest BCUT2D eigenvalue weighted by Crippen LogP contribution is -2.21. The van der Waals surface area contributed by atoms with E-state index in [1.165, 1.54) is 6.07 Å². The molecule has 0 amide bonds. The minimum atomic E-state index is -1.20. The van der Waals surface area contributed by atoms with Crippen LogP contribution in [-0.4, -0.2) is 31.0 Å². The van der Waals surface area contributed by atoms with Gasteiger partial charge in [0.25, 0.3) is 0 Å². The molecule has 0 radical (unpaired) electrons. The molecule has 0 fully saturated rings. The molecule has 1 aliphatic heterocycles. The van der Waals surface area contributed by atoms with Crippen molar-refractivity contribution < 1.29 is 19.1 Å². The number of halogens is 1. The fraction of sp³-hybridized carbons (Fsp3) is 0.227. The van der Waals surface area contributed by atoms with Crippen LogP contribution >= 0.6 is 0 Å². The molecule has 5 rings (SSSR count). The van der Waals surface area contributed by atoms with E-state index in [2.05, 4.69) is 9.55 Å². The van der Waals surface area contributed by atoms with E-state index in [-0.39, 0.29) is 28.4 Å². The van der Waals surface area contributed by atoms with Crippen LogP contribution in [0.25, 0.3) is 33.5 Å². The van der Waals surface area contributed by atoms with Crippen LogP contribution in [0.2, 0.25) is 0 Å². The van der Waals surface area contributed by atoms with Crippen LogP contribution in [0.1, 0.15) is 46.5 Å². The van der Waals surface area contributed by atoms with Gasteiger partial charge in [0.2, 0.25) is 0 Å². The number of hydrogen-bond donors (Lipinski definition) is 1. The number of aromatic carboxylic acids is 1. The Kier molecular flexibility index (Phi) is 3.65. The first-order valence-corrected chi connectivity index (χ1v) is 9.47. The van der Waals surface area contributed by atoms with E-state index in [9.17, 15) is 19.1 Å². The van der Waals surface area contributed by atoms with Crippen molar-refractivity contribution in [3.63, 3.8) is 0 Å². The van der Waals surface area contributed by atoms with E-state index < -0.39 is 11.8 Å². The van der Waals surface area contributed by atoms with Gasteiger partial charge in [-0.1, -0.05) is 19.1 Å². The molecule has 1 unspecified atom stereocenters. The molecule has 6 nitrogen and oxygen atoms in total. The molecule has 146 valence electrons. The summed E-state index contributed by atoms with van der Waals surface area (Å²) >= 11 is 0. The Morgan fingerprint density at radius 2 is 2.07 bits per heavy atom. The summed E-state index contributed by atoms with van der Waals surface area (Å²) in [6.07, 6.45) is 1.18. The number of ketones is 1. The Hall–Kier alpha value is -3.48. The number of benzene rings is 2. The molecule has 2 aromatic heterocycles. The van der Waals surface area contributed by atoms with E-state index >= 15 is 0 Å². The number of Topliss-reactive ketones (excluding diaryl/α,β-unsaturated/α-hetero) is 1. The third-order valence-corrected chi connectivity index (χ3v) is 5.82. The van der Waals surface area contributed by atoms with Crippen molar-refractivity contribution in [2.45, 2.75) is 25.8 Å². The van der Waals surface area contributed by atoms with Crippen molar-refractivity contribution in [1.82, 2.24) is 14.1 Å². The van der Waals surface area contributed by atoms with E-state index in [0.717, 1.165) is 29.1 Å². The molecule has 4 aromatic rings. The summed E-state index contributed by atoms with van der Waals surface area (Å²) in [5.41, 5.74) is 2.77. The lowest BCUT2D eigenvalue weighted by molar-refractivity contribution is 0.0696. The van der Waals surface area contributed by atoms with Gasteiger partial charge in [-0.25, -0.2) is 14.2 Å². The van der Waals surface area contributed by atoms with Crippen LogP contribution in [0.3, 0.4) is 0 Å². The van der Waals surface area contributed by atoms with Crippen LogP contribution in [0.5, 0.6) is 0 Å². The van der Waals surface area contributed by atoms with E-state index in [4.69, 9.17) is 0 Å². The molecule has 1 aliphatic rings. The van der Waals surface area contributed by atoms with Crippen molar-refractivity contribution in [3.8, 4) is 11.5 Å². The number of carbonyl (C=O) groups excluding carboxylic acids is 1. The summed E-state index contributed by atoms with van der Waals surface area (Å²) in [4.78, 5) is 28.5. The SMILES string of the molecule is CCC1CC(=O)c2cccc3cc(-c4nc5cc(C(=O)O)cc(F)c5n4C)n1c23. The van der Waals surface area contributed by atoms with Gasteiger partial charge in [0.1, 0.15) is 11.3 Å². The molecule has 7 heteroatoms. The maximum absolute atomic E-state index is 14.7. The summed E-state index contributed by atoms with van der Waals surface area (Å²) in [5, 5.41) is 10.2. The number of carboxylic acids is 1. The van der Waals surface area contributed by atoms with Gasteiger partial charge in [0, 0.05) is 30.5 Å². The monoisotopic (exact) mass is 391 g/mol. The van der Waals surface area contributed by atoms with Crippen LogP contribution in [0, 0.1) is 5.82 Å². The zero-order valence-corrected chi connectivity index (χ0v) is 15.9. The largest absolute Gasteiger partial charge is 0.478 e. The molecule has 1 N–H and O–H groups in total. The lowest BCUT2D eigenvalue weighted by atomic mass is 9.96. The van der Waals surface area contributed by atoms with Gasteiger partial charge < -0.3 is 14.2 Å². The number of carbonyl (C=O) groups is 2. The first-order valence-electron chi connectivity index (χ1n) is 9.47. The van der Waals surface area contributed by atoms with Crippen molar-refractivity contribution in [2.24, 2.45) is 7.05 Å². The predicted molar refractivity (Wildman–Crippen MR) is 107 cm³/mol. The molecule has 3 heterocycles. The molecule has 0 aliphatic carbocycles. The highest BCUT2D eigenvalue weighted by atomic mass is 19.1. The molecular formula is C22H18FN3O3. The number of hydrogen-bond acceptors (Lipinski definition) is 3. The molecular weight excluding hydrogens is 373 g/mol. The summed E-state index contributed by atoms with van der Waals surface area (Å²) in [6.45, 7) is 2.04. The van der Waals surface area contributed by atoms with Gasteiger partial charge >= 0.3 is 5.97 Å². The number of aromatic nitrogens is 3. The smallest absolute Gasteiger partial charge is 0.335 e. The Labute approximate surface area is 165 Å².